The van der Waals surface area contributed by atoms with E-state index in [2.05, 4.69) is 20.9 Å². The third kappa shape index (κ3) is 4.07. The average Bonchev–Trinajstić information content (AvgIpc) is 2.37. The van der Waals surface area contributed by atoms with Gasteiger partial charge >= 0.3 is 6.09 Å². The number of rotatable bonds is 1. The van der Waals surface area contributed by atoms with Crippen LogP contribution in [0.4, 0.5) is 4.79 Å². The van der Waals surface area contributed by atoms with E-state index >= 15 is 0 Å². The monoisotopic (exact) mass is 338 g/mol. The van der Waals surface area contributed by atoms with E-state index < -0.39 is 5.60 Å². The van der Waals surface area contributed by atoms with Gasteiger partial charge in [0, 0.05) is 23.8 Å². The Labute approximate surface area is 128 Å². The normalized spacial score (nSPS) is 15.8. The van der Waals surface area contributed by atoms with Crippen LogP contribution in [0.3, 0.4) is 0 Å². The first-order chi connectivity index (χ1) is 9.35. The highest BCUT2D eigenvalue weighted by atomic mass is 79.9. The molecule has 0 aliphatic carbocycles. The average molecular weight is 339 g/mol. The lowest BCUT2D eigenvalue weighted by Gasteiger charge is -2.29. The Morgan fingerprint density at radius 3 is 2.75 bits per heavy atom. The Balaban J connectivity index is 2.02. The molecule has 1 amide bonds. The van der Waals surface area contributed by atoms with E-state index in [1.807, 2.05) is 39.0 Å². The second-order valence-electron chi connectivity index (χ2n) is 5.77. The molecule has 1 aromatic heterocycles. The minimum atomic E-state index is -0.451. The predicted molar refractivity (Wildman–Crippen MR) is 82.3 cm³/mol. The number of hydrogen-bond acceptors (Lipinski definition) is 3. The van der Waals surface area contributed by atoms with Crippen LogP contribution in [0.1, 0.15) is 32.9 Å². The predicted octanol–water partition coefficient (Wildman–Crippen LogP) is 3.87. The minimum Gasteiger partial charge on any atom is -0.444 e. The molecule has 0 unspecified atom stereocenters. The second-order valence-corrected chi connectivity index (χ2v) is 6.68. The van der Waals surface area contributed by atoms with Gasteiger partial charge in [0.1, 0.15) is 5.60 Å². The Morgan fingerprint density at radius 1 is 1.45 bits per heavy atom. The zero-order valence-electron chi connectivity index (χ0n) is 12.0. The van der Waals surface area contributed by atoms with Crippen molar-refractivity contribution in [2.75, 3.05) is 13.1 Å². The topological polar surface area (TPSA) is 42.4 Å². The number of amides is 1. The van der Waals surface area contributed by atoms with E-state index in [1.54, 1.807) is 11.1 Å². The van der Waals surface area contributed by atoms with Crippen LogP contribution in [0.2, 0.25) is 0 Å². The highest BCUT2D eigenvalue weighted by Gasteiger charge is 2.24. The van der Waals surface area contributed by atoms with Crippen LogP contribution < -0.4 is 0 Å². The molecule has 0 radical (unpaired) electrons. The van der Waals surface area contributed by atoms with Gasteiger partial charge in [0.25, 0.3) is 0 Å². The summed E-state index contributed by atoms with van der Waals surface area (Å²) in [6.07, 6.45) is 4.36. The molecule has 0 bridgehead atoms. The van der Waals surface area contributed by atoms with Crippen molar-refractivity contribution in [1.82, 2.24) is 9.88 Å². The van der Waals surface area contributed by atoms with Crippen LogP contribution in [0.15, 0.2) is 28.9 Å². The van der Waals surface area contributed by atoms with Crippen molar-refractivity contribution in [3.05, 3.63) is 34.6 Å². The van der Waals surface area contributed by atoms with Gasteiger partial charge < -0.3 is 9.64 Å². The molecule has 0 atom stereocenters. The molecule has 1 aliphatic heterocycles. The number of halogens is 1. The molecule has 4 nitrogen and oxygen atoms in total. The zero-order valence-corrected chi connectivity index (χ0v) is 13.6. The number of hydrogen-bond donors (Lipinski definition) is 0. The van der Waals surface area contributed by atoms with Crippen molar-refractivity contribution in [1.29, 1.82) is 0 Å². The molecule has 2 heterocycles. The summed E-state index contributed by atoms with van der Waals surface area (Å²) in [5.74, 6) is 0. The van der Waals surface area contributed by atoms with Crippen LogP contribution in [0.25, 0.3) is 5.57 Å². The zero-order chi connectivity index (χ0) is 14.8. The van der Waals surface area contributed by atoms with Gasteiger partial charge in [-0.15, -0.1) is 0 Å². The maximum Gasteiger partial charge on any atom is 0.410 e. The van der Waals surface area contributed by atoms with Crippen molar-refractivity contribution in [3.8, 4) is 0 Å². The number of nitrogens with zero attached hydrogens (tertiary/aromatic N) is 2. The number of carbonyl (C=O) groups is 1. The van der Waals surface area contributed by atoms with E-state index in [9.17, 15) is 4.79 Å². The van der Waals surface area contributed by atoms with E-state index in [4.69, 9.17) is 4.74 Å². The van der Waals surface area contributed by atoms with Gasteiger partial charge in [-0.25, -0.2) is 4.79 Å². The summed E-state index contributed by atoms with van der Waals surface area (Å²) in [7, 11) is 0. The molecule has 1 aromatic rings. The summed E-state index contributed by atoms with van der Waals surface area (Å²) < 4.78 is 6.38. The van der Waals surface area contributed by atoms with Crippen LogP contribution >= 0.6 is 15.9 Å². The largest absolute Gasteiger partial charge is 0.444 e. The fraction of sp³-hybridized carbons (Fsp3) is 0.467. The van der Waals surface area contributed by atoms with Crippen LogP contribution in [0.5, 0.6) is 0 Å². The first kappa shape index (κ1) is 15.0. The highest BCUT2D eigenvalue weighted by Crippen LogP contribution is 2.23. The van der Waals surface area contributed by atoms with E-state index in [0.717, 1.165) is 16.6 Å². The van der Waals surface area contributed by atoms with Crippen LogP contribution in [0, 0.1) is 0 Å². The van der Waals surface area contributed by atoms with Gasteiger partial charge in [-0.05, 0) is 44.9 Å². The first-order valence-electron chi connectivity index (χ1n) is 6.64. The van der Waals surface area contributed by atoms with E-state index in [1.165, 1.54) is 5.57 Å². The van der Waals surface area contributed by atoms with Crippen molar-refractivity contribution in [2.24, 2.45) is 0 Å². The van der Waals surface area contributed by atoms with Gasteiger partial charge in [0.2, 0.25) is 0 Å². The molecule has 20 heavy (non-hydrogen) atoms. The maximum atomic E-state index is 12.0. The lowest BCUT2D eigenvalue weighted by molar-refractivity contribution is 0.0270. The van der Waals surface area contributed by atoms with Gasteiger partial charge in [0.15, 0.2) is 0 Å². The lowest BCUT2D eigenvalue weighted by atomic mass is 10.0. The fourth-order valence-corrected chi connectivity index (χ4v) is 2.31. The summed E-state index contributed by atoms with van der Waals surface area (Å²) in [5.41, 5.74) is 1.68. The lowest BCUT2D eigenvalue weighted by Crippen LogP contribution is -2.39. The molecule has 0 N–H and O–H groups in total. The van der Waals surface area contributed by atoms with E-state index in [0.29, 0.717) is 13.1 Å². The Bertz CT molecular complexity index is 535. The molecule has 0 spiro atoms. The fourth-order valence-electron chi connectivity index (χ4n) is 1.97. The van der Waals surface area contributed by atoms with Gasteiger partial charge in [0.05, 0.1) is 5.69 Å². The summed E-state index contributed by atoms with van der Waals surface area (Å²) >= 11 is 3.45. The quantitative estimate of drug-likeness (QED) is 0.780. The van der Waals surface area contributed by atoms with Crippen molar-refractivity contribution in [2.45, 2.75) is 32.8 Å². The second kappa shape index (κ2) is 5.95. The molecule has 0 fully saturated rings. The number of carbonyl (C=O) groups excluding carboxylic acids is 1. The molecule has 2 rings (SSSR count). The van der Waals surface area contributed by atoms with E-state index in [-0.39, 0.29) is 6.09 Å². The number of pyridine rings is 1. The Kier molecular flexibility index (Phi) is 4.48. The van der Waals surface area contributed by atoms with Gasteiger partial charge in [-0.3, -0.25) is 4.98 Å². The SMILES string of the molecule is CC(C)(C)OC(=O)N1CC=C(c2cc(Br)ccn2)CC1. The number of ether oxygens (including phenoxy) is 1. The molecule has 1 aliphatic rings. The summed E-state index contributed by atoms with van der Waals surface area (Å²) in [6.45, 7) is 6.86. The first-order valence-corrected chi connectivity index (χ1v) is 7.43. The molecular formula is C15H19BrN2O2. The minimum absolute atomic E-state index is 0.255. The highest BCUT2D eigenvalue weighted by molar-refractivity contribution is 9.10. The molecular weight excluding hydrogens is 320 g/mol. The standard InChI is InChI=1S/C15H19BrN2O2/c1-15(2,3)20-14(19)18-8-5-11(6-9-18)13-10-12(16)4-7-17-13/h4-5,7,10H,6,8-9H2,1-3H3. The van der Waals surface area contributed by atoms with Crippen LogP contribution in [-0.2, 0) is 4.74 Å². The van der Waals surface area contributed by atoms with Gasteiger partial charge in [-0.2, -0.15) is 0 Å². The van der Waals surface area contributed by atoms with Crippen molar-refractivity contribution in [3.63, 3.8) is 0 Å². The van der Waals surface area contributed by atoms with Crippen molar-refractivity contribution < 1.29 is 9.53 Å². The molecule has 108 valence electrons. The third-order valence-corrected chi connectivity index (χ3v) is 3.41. The molecule has 0 aromatic carbocycles. The van der Waals surface area contributed by atoms with Crippen molar-refractivity contribution >= 4 is 27.6 Å². The Hall–Kier alpha value is -1.36. The summed E-state index contributed by atoms with van der Waals surface area (Å²) in [5, 5.41) is 0. The maximum absolute atomic E-state index is 12.0. The Morgan fingerprint density at radius 2 is 2.20 bits per heavy atom. The summed E-state index contributed by atoms with van der Waals surface area (Å²) in [4.78, 5) is 18.0. The smallest absolute Gasteiger partial charge is 0.410 e. The molecule has 0 saturated carbocycles. The molecule has 0 saturated heterocycles. The third-order valence-electron chi connectivity index (χ3n) is 2.91. The molecule has 5 heteroatoms. The van der Waals surface area contributed by atoms with Gasteiger partial charge in [-0.1, -0.05) is 22.0 Å². The summed E-state index contributed by atoms with van der Waals surface area (Å²) in [6, 6.07) is 3.90. The van der Waals surface area contributed by atoms with Crippen LogP contribution in [-0.4, -0.2) is 34.7 Å². The number of aromatic nitrogens is 1.